The lowest BCUT2D eigenvalue weighted by molar-refractivity contribution is -0.275. The molecule has 0 aliphatic carbocycles. The lowest BCUT2D eigenvalue weighted by atomic mass is 10.1. The van der Waals surface area contributed by atoms with E-state index < -0.39 is 27.0 Å². The van der Waals surface area contributed by atoms with Crippen molar-refractivity contribution in [3.8, 4) is 5.75 Å². The van der Waals surface area contributed by atoms with Gasteiger partial charge in [0.05, 0.1) is 0 Å². The molecule has 1 aliphatic heterocycles. The Bertz CT molecular complexity index is 1010. The predicted molar refractivity (Wildman–Crippen MR) is 96.7 cm³/mol. The molecule has 0 spiro atoms. The summed E-state index contributed by atoms with van der Waals surface area (Å²) in [5.41, 5.74) is 1.50. The summed E-state index contributed by atoms with van der Waals surface area (Å²) in [6.07, 6.45) is -3.81. The molecule has 1 aliphatic rings. The molecule has 0 saturated carbocycles. The first-order valence-corrected chi connectivity index (χ1v) is 9.84. The third-order valence-corrected chi connectivity index (χ3v) is 5.60. The minimum atomic E-state index is -5.02. The van der Waals surface area contributed by atoms with E-state index in [2.05, 4.69) is 9.46 Å². The summed E-state index contributed by atoms with van der Waals surface area (Å²) in [6, 6.07) is 9.07. The number of benzene rings is 2. The largest absolute Gasteiger partial charge is 0.573 e. The molecule has 1 heterocycles. The van der Waals surface area contributed by atoms with E-state index in [0.29, 0.717) is 24.2 Å². The fourth-order valence-electron chi connectivity index (χ4n) is 3.02. The van der Waals surface area contributed by atoms with Crippen LogP contribution in [0.5, 0.6) is 5.75 Å². The number of halogens is 3. The Kier molecular flexibility index (Phi) is 5.24. The Balaban J connectivity index is 1.87. The van der Waals surface area contributed by atoms with Crippen molar-refractivity contribution < 1.29 is 31.1 Å². The van der Waals surface area contributed by atoms with Crippen LogP contribution in [0.1, 0.15) is 18.4 Å². The van der Waals surface area contributed by atoms with Crippen LogP contribution in [0.2, 0.25) is 0 Å². The van der Waals surface area contributed by atoms with Crippen LogP contribution in [0.4, 0.5) is 24.5 Å². The van der Waals surface area contributed by atoms with Crippen molar-refractivity contribution in [1.29, 1.82) is 0 Å². The summed E-state index contributed by atoms with van der Waals surface area (Å²) in [6.45, 7) is 2.31. The van der Waals surface area contributed by atoms with Gasteiger partial charge in [-0.05, 0) is 49.2 Å². The average molecular weight is 414 g/mol. The standard InChI is InChI=1S/C18H17F3N2O4S/c1-12-11-13(8-9-14(12)23-10-4-7-17(23)24)22-28(25,26)16-6-3-2-5-15(16)27-18(19,20)21/h2-3,5-6,8-9,11,22H,4,7,10H2,1H3. The van der Waals surface area contributed by atoms with Crippen molar-refractivity contribution in [3.05, 3.63) is 48.0 Å². The molecule has 1 amide bonds. The summed E-state index contributed by atoms with van der Waals surface area (Å²) in [5, 5.41) is 0. The van der Waals surface area contributed by atoms with E-state index in [1.807, 2.05) is 0 Å². The highest BCUT2D eigenvalue weighted by Crippen LogP contribution is 2.32. The number of ether oxygens (including phenoxy) is 1. The van der Waals surface area contributed by atoms with Gasteiger partial charge in [-0.25, -0.2) is 8.42 Å². The molecular weight excluding hydrogens is 397 g/mol. The number of aryl methyl sites for hydroxylation is 1. The van der Waals surface area contributed by atoms with Gasteiger partial charge in [0, 0.05) is 24.3 Å². The van der Waals surface area contributed by atoms with Gasteiger partial charge in [-0.2, -0.15) is 0 Å². The highest BCUT2D eigenvalue weighted by atomic mass is 32.2. The van der Waals surface area contributed by atoms with E-state index in [1.165, 1.54) is 24.3 Å². The predicted octanol–water partition coefficient (Wildman–Crippen LogP) is 3.82. The number of alkyl halides is 3. The van der Waals surface area contributed by atoms with E-state index in [9.17, 15) is 26.4 Å². The van der Waals surface area contributed by atoms with Crippen LogP contribution in [-0.4, -0.2) is 27.2 Å². The highest BCUT2D eigenvalue weighted by molar-refractivity contribution is 7.92. The zero-order valence-corrected chi connectivity index (χ0v) is 15.6. The van der Waals surface area contributed by atoms with Crippen molar-refractivity contribution in [2.75, 3.05) is 16.2 Å². The lowest BCUT2D eigenvalue weighted by Gasteiger charge is -2.19. The molecule has 1 saturated heterocycles. The van der Waals surface area contributed by atoms with Gasteiger partial charge >= 0.3 is 6.36 Å². The van der Waals surface area contributed by atoms with Crippen molar-refractivity contribution in [2.24, 2.45) is 0 Å². The summed E-state index contributed by atoms with van der Waals surface area (Å²) in [5.74, 6) is -0.826. The van der Waals surface area contributed by atoms with Crippen molar-refractivity contribution >= 4 is 27.3 Å². The third-order valence-electron chi connectivity index (χ3n) is 4.18. The van der Waals surface area contributed by atoms with Crippen LogP contribution in [0.25, 0.3) is 0 Å². The molecule has 6 nitrogen and oxygen atoms in total. The normalized spacial score (nSPS) is 15.0. The second-order valence-electron chi connectivity index (χ2n) is 6.25. The van der Waals surface area contributed by atoms with Crippen LogP contribution in [0, 0.1) is 6.92 Å². The Hall–Kier alpha value is -2.75. The molecule has 150 valence electrons. The number of hydrogen-bond donors (Lipinski definition) is 1. The second kappa shape index (κ2) is 7.34. The Morgan fingerprint density at radius 3 is 2.46 bits per heavy atom. The maximum Gasteiger partial charge on any atom is 0.573 e. The molecule has 1 N–H and O–H groups in total. The first-order chi connectivity index (χ1) is 13.1. The van der Waals surface area contributed by atoms with Crippen LogP contribution in [0.15, 0.2) is 47.4 Å². The van der Waals surface area contributed by atoms with Gasteiger partial charge in [0.15, 0.2) is 0 Å². The van der Waals surface area contributed by atoms with E-state index in [0.717, 1.165) is 18.6 Å². The fourth-order valence-corrected chi connectivity index (χ4v) is 4.20. The van der Waals surface area contributed by atoms with Crippen molar-refractivity contribution in [3.63, 3.8) is 0 Å². The van der Waals surface area contributed by atoms with E-state index in [4.69, 9.17) is 0 Å². The lowest BCUT2D eigenvalue weighted by Crippen LogP contribution is -2.24. The summed E-state index contributed by atoms with van der Waals surface area (Å²) < 4.78 is 68.9. The van der Waals surface area contributed by atoms with Crippen LogP contribution >= 0.6 is 0 Å². The zero-order valence-electron chi connectivity index (χ0n) is 14.8. The summed E-state index contributed by atoms with van der Waals surface area (Å²) >= 11 is 0. The first kappa shape index (κ1) is 20.0. The van der Waals surface area contributed by atoms with Gasteiger partial charge in [0.2, 0.25) is 5.91 Å². The van der Waals surface area contributed by atoms with Gasteiger partial charge in [0.25, 0.3) is 10.0 Å². The van der Waals surface area contributed by atoms with E-state index in [-0.39, 0.29) is 11.6 Å². The maximum absolute atomic E-state index is 12.6. The van der Waals surface area contributed by atoms with Gasteiger partial charge in [-0.1, -0.05) is 12.1 Å². The third kappa shape index (κ3) is 4.38. The molecule has 0 unspecified atom stereocenters. The number of amides is 1. The number of rotatable bonds is 5. The smallest absolute Gasteiger partial charge is 0.404 e. The highest BCUT2D eigenvalue weighted by Gasteiger charge is 2.34. The molecule has 3 rings (SSSR count). The summed E-state index contributed by atoms with van der Waals surface area (Å²) in [7, 11) is -4.33. The van der Waals surface area contributed by atoms with Gasteiger partial charge < -0.3 is 9.64 Å². The van der Waals surface area contributed by atoms with E-state index >= 15 is 0 Å². The maximum atomic E-state index is 12.6. The summed E-state index contributed by atoms with van der Waals surface area (Å²) in [4.78, 5) is 12.9. The van der Waals surface area contributed by atoms with Gasteiger partial charge in [-0.3, -0.25) is 9.52 Å². The monoisotopic (exact) mass is 414 g/mol. The molecule has 2 aromatic rings. The number of para-hydroxylation sites is 1. The van der Waals surface area contributed by atoms with Gasteiger partial charge in [-0.15, -0.1) is 13.2 Å². The first-order valence-electron chi connectivity index (χ1n) is 8.35. The average Bonchev–Trinajstić information content (AvgIpc) is 2.99. The van der Waals surface area contributed by atoms with Crippen molar-refractivity contribution in [1.82, 2.24) is 0 Å². The Morgan fingerprint density at radius 1 is 1.14 bits per heavy atom. The number of hydrogen-bond acceptors (Lipinski definition) is 4. The number of anilines is 2. The number of nitrogens with one attached hydrogen (secondary N) is 1. The van der Waals surface area contributed by atoms with E-state index in [1.54, 1.807) is 17.9 Å². The number of nitrogens with zero attached hydrogens (tertiary/aromatic N) is 1. The molecule has 0 radical (unpaired) electrons. The SMILES string of the molecule is Cc1cc(NS(=O)(=O)c2ccccc2OC(F)(F)F)ccc1N1CCCC1=O. The van der Waals surface area contributed by atoms with Gasteiger partial charge in [0.1, 0.15) is 10.6 Å². The topological polar surface area (TPSA) is 75.7 Å². The molecule has 2 aromatic carbocycles. The zero-order chi connectivity index (χ0) is 20.5. The molecular formula is C18H17F3N2O4S. The molecule has 10 heteroatoms. The van der Waals surface area contributed by atoms with Crippen LogP contribution in [0.3, 0.4) is 0 Å². The molecule has 1 fully saturated rings. The fraction of sp³-hybridized carbons (Fsp3) is 0.278. The quantitative estimate of drug-likeness (QED) is 0.807. The molecule has 28 heavy (non-hydrogen) atoms. The number of carbonyl (C=O) groups is 1. The molecule has 0 atom stereocenters. The van der Waals surface area contributed by atoms with Crippen LogP contribution < -0.4 is 14.4 Å². The Labute approximate surface area is 160 Å². The minimum absolute atomic E-state index is 0.00495. The minimum Gasteiger partial charge on any atom is -0.404 e. The molecule has 0 bridgehead atoms. The number of sulfonamides is 1. The second-order valence-corrected chi connectivity index (χ2v) is 7.90. The van der Waals surface area contributed by atoms with Crippen LogP contribution in [-0.2, 0) is 14.8 Å². The Morgan fingerprint density at radius 2 is 1.86 bits per heavy atom. The molecule has 0 aromatic heterocycles. The van der Waals surface area contributed by atoms with Crippen molar-refractivity contribution in [2.45, 2.75) is 31.0 Å². The number of carbonyl (C=O) groups excluding carboxylic acids is 1.